The van der Waals surface area contributed by atoms with Gasteiger partial charge in [0.15, 0.2) is 11.6 Å². The first kappa shape index (κ1) is 15.9. The standard InChI is InChI=1S/C17H22ClN5/c18-14-8-4-3-7-13(14)11-20-16-15(19)17(22-12-21-16)23-9-5-1-2-6-10-23/h3-4,7-8,12H,1-2,5-6,9-11,19H2,(H,20,21,22). The monoisotopic (exact) mass is 331 g/mol. The van der Waals surface area contributed by atoms with Crippen molar-refractivity contribution in [3.63, 3.8) is 0 Å². The zero-order valence-electron chi connectivity index (χ0n) is 13.1. The van der Waals surface area contributed by atoms with Gasteiger partial charge in [-0.05, 0) is 24.5 Å². The van der Waals surface area contributed by atoms with Gasteiger partial charge < -0.3 is 16.0 Å². The van der Waals surface area contributed by atoms with Crippen LogP contribution >= 0.6 is 11.6 Å². The number of hydrogen-bond acceptors (Lipinski definition) is 5. The molecule has 0 atom stereocenters. The van der Waals surface area contributed by atoms with Crippen LogP contribution in [-0.2, 0) is 6.54 Å². The molecule has 3 N–H and O–H groups in total. The molecule has 0 saturated carbocycles. The van der Waals surface area contributed by atoms with E-state index in [0.29, 0.717) is 18.1 Å². The lowest BCUT2D eigenvalue weighted by atomic mass is 10.2. The molecule has 0 spiro atoms. The van der Waals surface area contributed by atoms with Crippen LogP contribution in [0.3, 0.4) is 0 Å². The molecule has 1 aromatic heterocycles. The highest BCUT2D eigenvalue weighted by atomic mass is 35.5. The van der Waals surface area contributed by atoms with Crippen LogP contribution in [-0.4, -0.2) is 23.1 Å². The summed E-state index contributed by atoms with van der Waals surface area (Å²) >= 11 is 6.19. The van der Waals surface area contributed by atoms with Gasteiger partial charge in [-0.3, -0.25) is 0 Å². The molecule has 3 rings (SSSR count). The van der Waals surface area contributed by atoms with Gasteiger partial charge in [-0.2, -0.15) is 0 Å². The van der Waals surface area contributed by atoms with Crippen LogP contribution in [0.4, 0.5) is 17.3 Å². The topological polar surface area (TPSA) is 67.1 Å². The maximum absolute atomic E-state index is 6.31. The summed E-state index contributed by atoms with van der Waals surface area (Å²) in [6.07, 6.45) is 6.50. The second kappa shape index (κ2) is 7.51. The highest BCUT2D eigenvalue weighted by Gasteiger charge is 2.16. The number of nitrogens with two attached hydrogens (primary N) is 1. The van der Waals surface area contributed by atoms with Crippen LogP contribution in [0.2, 0.25) is 5.02 Å². The highest BCUT2D eigenvalue weighted by molar-refractivity contribution is 6.31. The molecule has 6 heteroatoms. The second-order valence-corrected chi connectivity index (χ2v) is 6.21. The lowest BCUT2D eigenvalue weighted by molar-refractivity contribution is 0.726. The molecule has 1 aromatic carbocycles. The van der Waals surface area contributed by atoms with Gasteiger partial charge in [-0.1, -0.05) is 42.6 Å². The minimum atomic E-state index is 0.584. The molecule has 0 aliphatic carbocycles. The van der Waals surface area contributed by atoms with Crippen molar-refractivity contribution in [2.75, 3.05) is 29.0 Å². The number of rotatable bonds is 4. The maximum atomic E-state index is 6.31. The Balaban J connectivity index is 1.75. The number of benzene rings is 1. The number of halogens is 1. The molecule has 23 heavy (non-hydrogen) atoms. The van der Waals surface area contributed by atoms with Crippen molar-refractivity contribution in [3.8, 4) is 0 Å². The van der Waals surface area contributed by atoms with E-state index in [2.05, 4.69) is 20.2 Å². The molecule has 0 bridgehead atoms. The summed E-state index contributed by atoms with van der Waals surface area (Å²) < 4.78 is 0. The number of anilines is 3. The molecule has 5 nitrogen and oxygen atoms in total. The molecular formula is C17H22ClN5. The second-order valence-electron chi connectivity index (χ2n) is 5.81. The summed E-state index contributed by atoms with van der Waals surface area (Å²) in [5, 5.41) is 4.01. The fourth-order valence-electron chi connectivity index (χ4n) is 2.88. The average Bonchev–Trinajstić information content (AvgIpc) is 2.84. The van der Waals surface area contributed by atoms with Crippen LogP contribution in [0.15, 0.2) is 30.6 Å². The van der Waals surface area contributed by atoms with Gasteiger partial charge in [-0.15, -0.1) is 0 Å². The zero-order chi connectivity index (χ0) is 16.1. The summed E-state index contributed by atoms with van der Waals surface area (Å²) in [6.45, 7) is 2.59. The molecule has 122 valence electrons. The Hall–Kier alpha value is -2.01. The number of aromatic nitrogens is 2. The number of nitrogens with zero attached hydrogens (tertiary/aromatic N) is 3. The Morgan fingerprint density at radius 1 is 1.09 bits per heavy atom. The minimum absolute atomic E-state index is 0.584. The number of hydrogen-bond donors (Lipinski definition) is 2. The van der Waals surface area contributed by atoms with Gasteiger partial charge >= 0.3 is 0 Å². The molecule has 0 unspecified atom stereocenters. The van der Waals surface area contributed by atoms with Crippen LogP contribution in [0.1, 0.15) is 31.2 Å². The van der Waals surface area contributed by atoms with Crippen LogP contribution in [0.5, 0.6) is 0 Å². The highest BCUT2D eigenvalue weighted by Crippen LogP contribution is 2.28. The first-order chi connectivity index (χ1) is 11.3. The van der Waals surface area contributed by atoms with Crippen LogP contribution < -0.4 is 16.0 Å². The van der Waals surface area contributed by atoms with Crippen molar-refractivity contribution in [1.82, 2.24) is 9.97 Å². The van der Waals surface area contributed by atoms with Crippen molar-refractivity contribution < 1.29 is 0 Å². The predicted molar refractivity (Wildman–Crippen MR) is 95.9 cm³/mol. The lowest BCUT2D eigenvalue weighted by Gasteiger charge is -2.23. The van der Waals surface area contributed by atoms with E-state index in [9.17, 15) is 0 Å². The van der Waals surface area contributed by atoms with E-state index in [0.717, 1.165) is 29.5 Å². The Morgan fingerprint density at radius 2 is 1.83 bits per heavy atom. The van der Waals surface area contributed by atoms with E-state index < -0.39 is 0 Å². The lowest BCUT2D eigenvalue weighted by Crippen LogP contribution is -2.26. The fraction of sp³-hybridized carbons (Fsp3) is 0.412. The first-order valence-corrected chi connectivity index (χ1v) is 8.46. The average molecular weight is 332 g/mol. The molecule has 1 aliphatic rings. The van der Waals surface area contributed by atoms with Crippen molar-refractivity contribution in [2.45, 2.75) is 32.2 Å². The molecule has 1 saturated heterocycles. The van der Waals surface area contributed by atoms with Gasteiger partial charge in [-0.25, -0.2) is 9.97 Å². The quantitative estimate of drug-likeness (QED) is 0.894. The zero-order valence-corrected chi connectivity index (χ0v) is 13.9. The van der Waals surface area contributed by atoms with Crippen molar-refractivity contribution >= 4 is 28.9 Å². The molecular weight excluding hydrogens is 310 g/mol. The predicted octanol–water partition coefficient (Wildman–Crippen LogP) is 3.70. The third-order valence-electron chi connectivity index (χ3n) is 4.17. The van der Waals surface area contributed by atoms with Crippen LogP contribution in [0.25, 0.3) is 0 Å². The Morgan fingerprint density at radius 3 is 2.57 bits per heavy atom. The molecule has 1 aliphatic heterocycles. The van der Waals surface area contributed by atoms with Gasteiger partial charge in [0, 0.05) is 24.7 Å². The third-order valence-corrected chi connectivity index (χ3v) is 4.54. The largest absolute Gasteiger partial charge is 0.393 e. The smallest absolute Gasteiger partial charge is 0.157 e. The van der Waals surface area contributed by atoms with E-state index in [1.165, 1.54) is 25.7 Å². The van der Waals surface area contributed by atoms with Gasteiger partial charge in [0.1, 0.15) is 12.0 Å². The van der Waals surface area contributed by atoms with Crippen molar-refractivity contribution in [2.24, 2.45) is 0 Å². The van der Waals surface area contributed by atoms with E-state index in [4.69, 9.17) is 17.3 Å². The number of nitrogen functional groups attached to an aromatic ring is 1. The molecule has 0 amide bonds. The van der Waals surface area contributed by atoms with Crippen molar-refractivity contribution in [1.29, 1.82) is 0 Å². The Kier molecular flexibility index (Phi) is 5.18. The minimum Gasteiger partial charge on any atom is -0.393 e. The molecule has 1 fully saturated rings. The summed E-state index contributed by atoms with van der Waals surface area (Å²) in [4.78, 5) is 11.0. The molecule has 0 radical (unpaired) electrons. The van der Waals surface area contributed by atoms with E-state index in [1.807, 2.05) is 24.3 Å². The van der Waals surface area contributed by atoms with E-state index in [-0.39, 0.29) is 0 Å². The Labute approximate surface area is 141 Å². The normalized spacial score (nSPS) is 15.3. The van der Waals surface area contributed by atoms with Gasteiger partial charge in [0.05, 0.1) is 0 Å². The van der Waals surface area contributed by atoms with Gasteiger partial charge in [0.2, 0.25) is 0 Å². The first-order valence-electron chi connectivity index (χ1n) is 8.08. The summed E-state index contributed by atoms with van der Waals surface area (Å²) in [5.74, 6) is 1.50. The molecule has 2 aromatic rings. The van der Waals surface area contributed by atoms with Crippen molar-refractivity contribution in [3.05, 3.63) is 41.2 Å². The maximum Gasteiger partial charge on any atom is 0.157 e. The fourth-order valence-corrected chi connectivity index (χ4v) is 3.08. The number of nitrogens with one attached hydrogen (secondary N) is 1. The Bertz CT molecular complexity index is 653. The SMILES string of the molecule is Nc1c(NCc2ccccc2Cl)ncnc1N1CCCCCC1. The van der Waals surface area contributed by atoms with Gasteiger partial charge in [0.25, 0.3) is 0 Å². The molecule has 2 heterocycles. The van der Waals surface area contributed by atoms with E-state index >= 15 is 0 Å². The van der Waals surface area contributed by atoms with Crippen LogP contribution in [0, 0.1) is 0 Å². The van der Waals surface area contributed by atoms with E-state index in [1.54, 1.807) is 6.33 Å². The third kappa shape index (κ3) is 3.85. The summed E-state index contributed by atoms with van der Waals surface area (Å²) in [7, 11) is 0. The summed E-state index contributed by atoms with van der Waals surface area (Å²) in [5.41, 5.74) is 7.93. The summed E-state index contributed by atoms with van der Waals surface area (Å²) in [6, 6.07) is 7.75.